The van der Waals surface area contributed by atoms with Gasteiger partial charge in [-0.1, -0.05) is 38.3 Å². The summed E-state index contributed by atoms with van der Waals surface area (Å²) in [6.45, 7) is 4.58. The van der Waals surface area contributed by atoms with Crippen molar-refractivity contribution in [3.05, 3.63) is 11.6 Å². The molecule has 0 bridgehead atoms. The zero-order chi connectivity index (χ0) is 8.53. The monoisotopic (exact) mass is 156 g/mol. The van der Waals surface area contributed by atoms with Gasteiger partial charge in [-0.2, -0.15) is 0 Å². The highest BCUT2D eigenvalue weighted by Gasteiger charge is 1.94. The highest BCUT2D eigenvalue weighted by molar-refractivity contribution is 5.01. The van der Waals surface area contributed by atoms with Crippen molar-refractivity contribution in [2.24, 2.45) is 0 Å². The van der Waals surface area contributed by atoms with Crippen LogP contribution in [0.2, 0.25) is 0 Å². The number of aliphatic hydroxyl groups is 1. The lowest BCUT2D eigenvalue weighted by Gasteiger charge is -2.03. The fourth-order valence-electron chi connectivity index (χ4n) is 1.18. The lowest BCUT2D eigenvalue weighted by atomic mass is 10.0. The van der Waals surface area contributed by atoms with Crippen molar-refractivity contribution in [2.75, 3.05) is 6.61 Å². The van der Waals surface area contributed by atoms with Crippen LogP contribution in [0.15, 0.2) is 11.6 Å². The van der Waals surface area contributed by atoms with E-state index in [2.05, 4.69) is 13.8 Å². The maximum absolute atomic E-state index is 8.69. The van der Waals surface area contributed by atoms with Crippen LogP contribution in [-0.4, -0.2) is 11.7 Å². The van der Waals surface area contributed by atoms with Crippen molar-refractivity contribution in [1.29, 1.82) is 0 Å². The summed E-state index contributed by atoms with van der Waals surface area (Å²) in [5.41, 5.74) is 1.43. The summed E-state index contributed by atoms with van der Waals surface area (Å²) in [4.78, 5) is 0. The van der Waals surface area contributed by atoms with Crippen molar-refractivity contribution < 1.29 is 5.11 Å². The van der Waals surface area contributed by atoms with E-state index in [1.807, 2.05) is 6.08 Å². The first kappa shape index (κ1) is 10.7. The first-order valence-electron chi connectivity index (χ1n) is 4.63. The van der Waals surface area contributed by atoms with Gasteiger partial charge in [-0.3, -0.25) is 0 Å². The Morgan fingerprint density at radius 1 is 1.18 bits per heavy atom. The molecular formula is C10H20O. The van der Waals surface area contributed by atoms with Crippen molar-refractivity contribution >= 4 is 0 Å². The summed E-state index contributed by atoms with van der Waals surface area (Å²) in [7, 11) is 0. The molecule has 0 unspecified atom stereocenters. The molecule has 0 rings (SSSR count). The van der Waals surface area contributed by atoms with Crippen LogP contribution in [0.5, 0.6) is 0 Å². The zero-order valence-electron chi connectivity index (χ0n) is 7.77. The molecule has 0 saturated heterocycles. The average molecular weight is 156 g/mol. The van der Waals surface area contributed by atoms with Crippen LogP contribution in [0.4, 0.5) is 0 Å². The van der Waals surface area contributed by atoms with Gasteiger partial charge in [0.15, 0.2) is 0 Å². The van der Waals surface area contributed by atoms with Gasteiger partial charge in [0.05, 0.1) is 6.61 Å². The highest BCUT2D eigenvalue weighted by atomic mass is 16.2. The molecule has 11 heavy (non-hydrogen) atoms. The highest BCUT2D eigenvalue weighted by Crippen LogP contribution is 2.12. The summed E-state index contributed by atoms with van der Waals surface area (Å²) in [5, 5.41) is 8.69. The van der Waals surface area contributed by atoms with Crippen molar-refractivity contribution in [1.82, 2.24) is 0 Å². The maximum atomic E-state index is 8.69. The molecule has 1 nitrogen and oxygen atoms in total. The standard InChI is InChI=1S/C10H20O/c1-3-5-7-10(6-4-2)8-9-11/h8,11H,3-7,9H2,1-2H3/b10-8-. The third kappa shape index (κ3) is 6.11. The molecule has 0 heterocycles. The van der Waals surface area contributed by atoms with Gasteiger partial charge >= 0.3 is 0 Å². The van der Waals surface area contributed by atoms with Crippen LogP contribution in [-0.2, 0) is 0 Å². The van der Waals surface area contributed by atoms with Gasteiger partial charge in [-0.15, -0.1) is 0 Å². The Balaban J connectivity index is 3.60. The molecule has 0 aliphatic carbocycles. The van der Waals surface area contributed by atoms with Gasteiger partial charge in [0.1, 0.15) is 0 Å². The molecule has 0 aromatic rings. The van der Waals surface area contributed by atoms with Gasteiger partial charge in [-0.05, 0) is 19.3 Å². The molecule has 0 aromatic carbocycles. The van der Waals surface area contributed by atoms with Gasteiger partial charge in [-0.25, -0.2) is 0 Å². The first-order chi connectivity index (χ1) is 5.35. The molecule has 0 aliphatic rings. The van der Waals surface area contributed by atoms with Crippen LogP contribution in [0.3, 0.4) is 0 Å². The van der Waals surface area contributed by atoms with E-state index in [1.54, 1.807) is 0 Å². The van der Waals surface area contributed by atoms with E-state index in [0.717, 1.165) is 6.42 Å². The Labute approximate surface area is 70.1 Å². The maximum Gasteiger partial charge on any atom is 0.0615 e. The van der Waals surface area contributed by atoms with Gasteiger partial charge in [0.25, 0.3) is 0 Å². The van der Waals surface area contributed by atoms with Crippen LogP contribution >= 0.6 is 0 Å². The zero-order valence-corrected chi connectivity index (χ0v) is 7.77. The second kappa shape index (κ2) is 7.80. The predicted octanol–water partition coefficient (Wildman–Crippen LogP) is 2.90. The Bertz CT molecular complexity index is 105. The fraction of sp³-hybridized carbons (Fsp3) is 0.800. The number of rotatable bonds is 6. The minimum atomic E-state index is 0.207. The molecule has 1 heteroatoms. The largest absolute Gasteiger partial charge is 0.392 e. The normalized spacial score (nSPS) is 12.1. The van der Waals surface area contributed by atoms with Crippen molar-refractivity contribution in [3.63, 3.8) is 0 Å². The summed E-state index contributed by atoms with van der Waals surface area (Å²) in [6.07, 6.45) is 7.97. The Morgan fingerprint density at radius 2 is 1.91 bits per heavy atom. The van der Waals surface area contributed by atoms with E-state index in [1.165, 1.54) is 31.3 Å². The number of hydrogen-bond acceptors (Lipinski definition) is 1. The minimum absolute atomic E-state index is 0.207. The van der Waals surface area contributed by atoms with Crippen molar-refractivity contribution in [2.45, 2.75) is 46.0 Å². The molecule has 0 spiro atoms. The molecule has 0 atom stereocenters. The second-order valence-electron chi connectivity index (χ2n) is 2.90. The Morgan fingerprint density at radius 3 is 2.36 bits per heavy atom. The van der Waals surface area contributed by atoms with Gasteiger partial charge < -0.3 is 5.11 Å². The SMILES string of the molecule is CCCC/C(=C\CO)CCC. The van der Waals surface area contributed by atoms with Gasteiger partial charge in [0.2, 0.25) is 0 Å². The summed E-state index contributed by atoms with van der Waals surface area (Å²) in [5.74, 6) is 0. The topological polar surface area (TPSA) is 20.2 Å². The average Bonchev–Trinajstić information content (AvgIpc) is 2.01. The van der Waals surface area contributed by atoms with Crippen LogP contribution in [0, 0.1) is 0 Å². The Hall–Kier alpha value is -0.300. The summed E-state index contributed by atoms with van der Waals surface area (Å²) in [6, 6.07) is 0. The summed E-state index contributed by atoms with van der Waals surface area (Å²) >= 11 is 0. The molecule has 0 aliphatic heterocycles. The Kier molecular flexibility index (Phi) is 7.59. The molecule has 0 saturated carbocycles. The van der Waals surface area contributed by atoms with E-state index in [-0.39, 0.29) is 6.61 Å². The van der Waals surface area contributed by atoms with Crippen LogP contribution in [0.1, 0.15) is 46.0 Å². The quantitative estimate of drug-likeness (QED) is 0.586. The molecule has 0 radical (unpaired) electrons. The van der Waals surface area contributed by atoms with E-state index in [0.29, 0.717) is 0 Å². The molecule has 0 aromatic heterocycles. The van der Waals surface area contributed by atoms with E-state index >= 15 is 0 Å². The van der Waals surface area contributed by atoms with Gasteiger partial charge in [0, 0.05) is 0 Å². The molecule has 0 amide bonds. The van der Waals surface area contributed by atoms with E-state index in [4.69, 9.17) is 5.11 Å². The minimum Gasteiger partial charge on any atom is -0.392 e. The lowest BCUT2D eigenvalue weighted by molar-refractivity contribution is 0.341. The number of aliphatic hydroxyl groups excluding tert-OH is 1. The molecule has 66 valence electrons. The third-order valence-corrected chi connectivity index (χ3v) is 1.80. The van der Waals surface area contributed by atoms with Crippen molar-refractivity contribution in [3.8, 4) is 0 Å². The predicted molar refractivity (Wildman–Crippen MR) is 49.6 cm³/mol. The number of unbranched alkanes of at least 4 members (excludes halogenated alkanes) is 1. The summed E-state index contributed by atoms with van der Waals surface area (Å²) < 4.78 is 0. The second-order valence-corrected chi connectivity index (χ2v) is 2.90. The smallest absolute Gasteiger partial charge is 0.0615 e. The third-order valence-electron chi connectivity index (χ3n) is 1.80. The molecular weight excluding hydrogens is 136 g/mol. The fourth-order valence-corrected chi connectivity index (χ4v) is 1.18. The van der Waals surface area contributed by atoms with Crippen LogP contribution in [0.25, 0.3) is 0 Å². The molecule has 0 fully saturated rings. The van der Waals surface area contributed by atoms with Crippen LogP contribution < -0.4 is 0 Å². The molecule has 1 N–H and O–H groups in total. The van der Waals surface area contributed by atoms with E-state index < -0.39 is 0 Å². The van der Waals surface area contributed by atoms with E-state index in [9.17, 15) is 0 Å². The number of hydrogen-bond donors (Lipinski definition) is 1. The lowest BCUT2D eigenvalue weighted by Crippen LogP contribution is -1.86. The number of allylic oxidation sites excluding steroid dienone is 1. The first-order valence-corrected chi connectivity index (χ1v) is 4.63.